The summed E-state index contributed by atoms with van der Waals surface area (Å²) in [5.41, 5.74) is 0.496. The predicted molar refractivity (Wildman–Crippen MR) is 75.1 cm³/mol. The van der Waals surface area contributed by atoms with Crippen molar-refractivity contribution in [2.45, 2.75) is 0 Å². The maximum absolute atomic E-state index is 13.1. The molecule has 0 heterocycles. The minimum atomic E-state index is -0.827. The van der Waals surface area contributed by atoms with Crippen LogP contribution in [-0.4, -0.2) is 11.0 Å². The number of carbonyl (C=O) groups is 1. The number of carbonyl (C=O) groups excluding carboxylic acids is 1. The molecule has 0 radical (unpaired) electrons. The van der Waals surface area contributed by atoms with Crippen molar-refractivity contribution in [2.24, 2.45) is 0 Å². The third-order valence-corrected chi connectivity index (χ3v) is 3.27. The zero-order chi connectivity index (χ0) is 14.0. The molecule has 2 aromatic rings. The number of benzene rings is 2. The number of anilines is 1. The molecule has 0 saturated heterocycles. The minimum absolute atomic E-state index is 0.209. The third-order valence-electron chi connectivity index (χ3n) is 2.38. The maximum atomic E-state index is 13.1. The van der Waals surface area contributed by atoms with Gasteiger partial charge in [-0.05, 0) is 52.9 Å². The Morgan fingerprint density at radius 1 is 1.16 bits per heavy atom. The lowest BCUT2D eigenvalue weighted by Gasteiger charge is -2.07. The van der Waals surface area contributed by atoms with Gasteiger partial charge in [-0.15, -0.1) is 0 Å². The van der Waals surface area contributed by atoms with E-state index in [1.807, 2.05) is 22.6 Å². The lowest BCUT2D eigenvalue weighted by atomic mass is 10.2. The molecule has 0 fully saturated rings. The quantitative estimate of drug-likeness (QED) is 0.624. The highest BCUT2D eigenvalue weighted by Gasteiger charge is 2.12. The van der Waals surface area contributed by atoms with Gasteiger partial charge >= 0.3 is 0 Å². The molecule has 2 N–H and O–H groups in total. The first-order chi connectivity index (χ1) is 8.97. The lowest BCUT2D eigenvalue weighted by Crippen LogP contribution is -2.13. The van der Waals surface area contributed by atoms with Crippen LogP contribution in [0.2, 0.25) is 0 Å². The maximum Gasteiger partial charge on any atom is 0.256 e. The Labute approximate surface area is 121 Å². The minimum Gasteiger partial charge on any atom is -0.505 e. The average Bonchev–Trinajstić information content (AvgIpc) is 2.33. The molecule has 0 unspecified atom stereocenters. The molecule has 98 valence electrons. The Bertz CT molecular complexity index is 647. The van der Waals surface area contributed by atoms with Crippen LogP contribution in [-0.2, 0) is 0 Å². The summed E-state index contributed by atoms with van der Waals surface area (Å²) in [4.78, 5) is 11.9. The molecule has 0 spiro atoms. The first kappa shape index (κ1) is 13.7. The smallest absolute Gasteiger partial charge is 0.256 e. The highest BCUT2D eigenvalue weighted by atomic mass is 127. The van der Waals surface area contributed by atoms with Gasteiger partial charge in [0, 0.05) is 15.3 Å². The molecule has 0 atom stereocenters. The van der Waals surface area contributed by atoms with Gasteiger partial charge in [0.25, 0.3) is 5.91 Å². The van der Waals surface area contributed by atoms with Crippen molar-refractivity contribution < 1.29 is 18.7 Å². The Hall–Kier alpha value is -1.70. The van der Waals surface area contributed by atoms with Crippen molar-refractivity contribution in [3.05, 3.63) is 57.2 Å². The van der Waals surface area contributed by atoms with E-state index in [9.17, 15) is 13.6 Å². The fourth-order valence-electron chi connectivity index (χ4n) is 1.46. The number of rotatable bonds is 2. The molecule has 1 amide bonds. The molecule has 6 heteroatoms. The molecule has 0 bridgehead atoms. The fraction of sp³-hybridized carbons (Fsp3) is 0. The molecule has 0 aromatic heterocycles. The number of nitrogens with one attached hydrogen (secondary N) is 1. The lowest BCUT2D eigenvalue weighted by molar-refractivity contribution is 0.102. The van der Waals surface area contributed by atoms with E-state index < -0.39 is 23.3 Å². The molecule has 0 saturated carbocycles. The van der Waals surface area contributed by atoms with Crippen molar-refractivity contribution in [3.8, 4) is 5.75 Å². The van der Waals surface area contributed by atoms with Crippen LogP contribution in [0, 0.1) is 15.2 Å². The van der Waals surface area contributed by atoms with Gasteiger partial charge in [0.15, 0.2) is 11.6 Å². The Balaban J connectivity index is 2.23. The second-order valence-electron chi connectivity index (χ2n) is 3.74. The first-order valence-electron chi connectivity index (χ1n) is 5.22. The van der Waals surface area contributed by atoms with E-state index in [-0.39, 0.29) is 11.3 Å². The van der Waals surface area contributed by atoms with Gasteiger partial charge in [0.2, 0.25) is 0 Å². The van der Waals surface area contributed by atoms with Crippen LogP contribution in [0.3, 0.4) is 0 Å². The standard InChI is InChI=1S/C13H8F2INO2/c14-7-1-3-9(11(16)5-7)13(19)17-8-2-4-12(18)10(15)6-8/h1-6,18H,(H,17,19). The van der Waals surface area contributed by atoms with Crippen LogP contribution in [0.5, 0.6) is 5.75 Å². The van der Waals surface area contributed by atoms with Gasteiger partial charge in [-0.1, -0.05) is 0 Å². The van der Waals surface area contributed by atoms with Gasteiger partial charge in [-0.25, -0.2) is 8.78 Å². The number of halogens is 3. The van der Waals surface area contributed by atoms with Gasteiger partial charge in [-0.2, -0.15) is 0 Å². The summed E-state index contributed by atoms with van der Waals surface area (Å²) in [5, 5.41) is 11.5. The van der Waals surface area contributed by atoms with Crippen LogP contribution in [0.15, 0.2) is 36.4 Å². The Morgan fingerprint density at radius 2 is 1.89 bits per heavy atom. The fourth-order valence-corrected chi connectivity index (χ4v) is 2.18. The van der Waals surface area contributed by atoms with Crippen molar-refractivity contribution >= 4 is 34.2 Å². The second kappa shape index (κ2) is 5.52. The number of aromatic hydroxyl groups is 1. The SMILES string of the molecule is O=C(Nc1ccc(O)c(F)c1)c1ccc(F)cc1I. The topological polar surface area (TPSA) is 49.3 Å². The second-order valence-corrected chi connectivity index (χ2v) is 4.91. The molecule has 0 aliphatic carbocycles. The van der Waals surface area contributed by atoms with Crippen molar-refractivity contribution in [1.29, 1.82) is 0 Å². The zero-order valence-electron chi connectivity index (χ0n) is 9.45. The molecular weight excluding hydrogens is 367 g/mol. The summed E-state index contributed by atoms with van der Waals surface area (Å²) in [7, 11) is 0. The average molecular weight is 375 g/mol. The largest absolute Gasteiger partial charge is 0.505 e. The number of phenolic OH excluding ortho intramolecular Hbond substituents is 1. The first-order valence-corrected chi connectivity index (χ1v) is 6.30. The van der Waals surface area contributed by atoms with E-state index in [0.29, 0.717) is 3.57 Å². The number of hydrogen-bond donors (Lipinski definition) is 2. The molecule has 0 aliphatic rings. The predicted octanol–water partition coefficient (Wildman–Crippen LogP) is 3.53. The van der Waals surface area contributed by atoms with Gasteiger partial charge in [0.05, 0.1) is 5.56 Å². The van der Waals surface area contributed by atoms with E-state index in [4.69, 9.17) is 5.11 Å². The van der Waals surface area contributed by atoms with Gasteiger partial charge < -0.3 is 10.4 Å². The van der Waals surface area contributed by atoms with Gasteiger partial charge in [0.1, 0.15) is 5.82 Å². The number of phenols is 1. The summed E-state index contributed by atoms with van der Waals surface area (Å²) in [6.07, 6.45) is 0. The zero-order valence-corrected chi connectivity index (χ0v) is 11.6. The number of hydrogen-bond acceptors (Lipinski definition) is 2. The molecule has 2 aromatic carbocycles. The van der Waals surface area contributed by atoms with E-state index in [2.05, 4.69) is 5.32 Å². The van der Waals surface area contributed by atoms with E-state index in [1.165, 1.54) is 24.3 Å². The Morgan fingerprint density at radius 3 is 2.53 bits per heavy atom. The van der Waals surface area contributed by atoms with E-state index in [1.54, 1.807) is 0 Å². The summed E-state index contributed by atoms with van der Waals surface area (Å²) in [6.45, 7) is 0. The van der Waals surface area contributed by atoms with Crippen LogP contribution in [0.1, 0.15) is 10.4 Å². The normalized spacial score (nSPS) is 10.3. The van der Waals surface area contributed by atoms with E-state index >= 15 is 0 Å². The van der Waals surface area contributed by atoms with Crippen LogP contribution < -0.4 is 5.32 Å². The summed E-state index contributed by atoms with van der Waals surface area (Å²) in [6, 6.07) is 7.27. The molecule has 3 nitrogen and oxygen atoms in total. The molecule has 2 rings (SSSR count). The molecule has 19 heavy (non-hydrogen) atoms. The van der Waals surface area contributed by atoms with E-state index in [0.717, 1.165) is 12.1 Å². The van der Waals surface area contributed by atoms with Crippen molar-refractivity contribution in [1.82, 2.24) is 0 Å². The monoisotopic (exact) mass is 375 g/mol. The van der Waals surface area contributed by atoms with Crippen LogP contribution >= 0.6 is 22.6 Å². The van der Waals surface area contributed by atoms with Crippen LogP contribution in [0.4, 0.5) is 14.5 Å². The van der Waals surface area contributed by atoms with Crippen molar-refractivity contribution in [3.63, 3.8) is 0 Å². The number of amides is 1. The third kappa shape index (κ3) is 3.19. The van der Waals surface area contributed by atoms with Gasteiger partial charge in [-0.3, -0.25) is 4.79 Å². The molecule has 0 aliphatic heterocycles. The molecular formula is C13H8F2INO2. The highest BCUT2D eigenvalue weighted by Crippen LogP contribution is 2.21. The Kier molecular flexibility index (Phi) is 3.98. The highest BCUT2D eigenvalue weighted by molar-refractivity contribution is 14.1. The summed E-state index contributed by atoms with van der Waals surface area (Å²) >= 11 is 1.84. The summed E-state index contributed by atoms with van der Waals surface area (Å²) in [5.74, 6) is -2.23. The summed E-state index contributed by atoms with van der Waals surface area (Å²) < 4.78 is 26.5. The van der Waals surface area contributed by atoms with Crippen molar-refractivity contribution in [2.75, 3.05) is 5.32 Å². The van der Waals surface area contributed by atoms with Crippen LogP contribution in [0.25, 0.3) is 0 Å².